The Morgan fingerprint density at radius 1 is 1.27 bits per heavy atom. The molecular formula is C17H27FO3Si. The van der Waals surface area contributed by atoms with E-state index in [0.29, 0.717) is 19.4 Å². The highest BCUT2D eigenvalue weighted by Crippen LogP contribution is 2.38. The molecule has 0 amide bonds. The van der Waals surface area contributed by atoms with E-state index in [4.69, 9.17) is 9.16 Å². The summed E-state index contributed by atoms with van der Waals surface area (Å²) in [7, 11) is -1.97. The summed E-state index contributed by atoms with van der Waals surface area (Å²) in [4.78, 5) is 10.8. The van der Waals surface area contributed by atoms with E-state index < -0.39 is 8.32 Å². The van der Waals surface area contributed by atoms with Crippen molar-refractivity contribution in [1.29, 1.82) is 0 Å². The van der Waals surface area contributed by atoms with Crippen LogP contribution in [0.4, 0.5) is 4.39 Å². The molecule has 0 spiro atoms. The van der Waals surface area contributed by atoms with Crippen LogP contribution in [-0.4, -0.2) is 20.9 Å². The zero-order valence-corrected chi connectivity index (χ0v) is 15.5. The second-order valence-electron chi connectivity index (χ2n) is 7.06. The fraction of sp³-hybridized carbons (Fsp3) is 0.588. The molecule has 0 saturated carbocycles. The first kappa shape index (κ1) is 18.7. The van der Waals surface area contributed by atoms with Gasteiger partial charge in [-0.15, -0.1) is 0 Å². The minimum absolute atomic E-state index is 0.0798. The van der Waals surface area contributed by atoms with Crippen molar-refractivity contribution in [3.8, 4) is 5.75 Å². The number of carbonyl (C=O) groups excluding carboxylic acids is 1. The molecule has 5 heteroatoms. The Labute approximate surface area is 134 Å². The van der Waals surface area contributed by atoms with Gasteiger partial charge in [0.15, 0.2) is 0 Å². The zero-order chi connectivity index (χ0) is 17.0. The fourth-order valence-electron chi connectivity index (χ4n) is 1.75. The SMILES string of the molecule is CC(=O)OCCCc1cc(F)ccc1O[Si](C)(C)C(C)(C)C. The van der Waals surface area contributed by atoms with E-state index >= 15 is 0 Å². The van der Waals surface area contributed by atoms with E-state index in [2.05, 4.69) is 33.9 Å². The lowest BCUT2D eigenvalue weighted by Gasteiger charge is -2.37. The van der Waals surface area contributed by atoms with Gasteiger partial charge in [-0.3, -0.25) is 4.79 Å². The number of carbonyl (C=O) groups is 1. The van der Waals surface area contributed by atoms with Crippen LogP contribution in [-0.2, 0) is 16.0 Å². The lowest BCUT2D eigenvalue weighted by Crippen LogP contribution is -2.44. The molecule has 22 heavy (non-hydrogen) atoms. The van der Waals surface area contributed by atoms with Crippen molar-refractivity contribution in [1.82, 2.24) is 0 Å². The van der Waals surface area contributed by atoms with Crippen LogP contribution in [0.15, 0.2) is 18.2 Å². The van der Waals surface area contributed by atoms with Crippen LogP contribution in [0.3, 0.4) is 0 Å². The monoisotopic (exact) mass is 326 g/mol. The Hall–Kier alpha value is -1.36. The minimum Gasteiger partial charge on any atom is -0.543 e. The zero-order valence-electron chi connectivity index (χ0n) is 14.5. The summed E-state index contributed by atoms with van der Waals surface area (Å²) in [5, 5.41) is 0.0798. The molecule has 124 valence electrons. The second kappa shape index (κ2) is 7.27. The Morgan fingerprint density at radius 3 is 2.45 bits per heavy atom. The van der Waals surface area contributed by atoms with Crippen LogP contribution in [0.1, 0.15) is 39.7 Å². The van der Waals surface area contributed by atoms with Gasteiger partial charge in [-0.1, -0.05) is 20.8 Å². The number of benzene rings is 1. The minimum atomic E-state index is -1.97. The lowest BCUT2D eigenvalue weighted by atomic mass is 10.1. The van der Waals surface area contributed by atoms with Gasteiger partial charge in [0.25, 0.3) is 0 Å². The van der Waals surface area contributed by atoms with Crippen molar-refractivity contribution in [3.05, 3.63) is 29.6 Å². The summed E-state index contributed by atoms with van der Waals surface area (Å²) < 4.78 is 24.7. The molecule has 0 heterocycles. The van der Waals surface area contributed by atoms with Crippen molar-refractivity contribution in [2.24, 2.45) is 0 Å². The topological polar surface area (TPSA) is 35.5 Å². The first-order valence-corrected chi connectivity index (χ1v) is 10.5. The molecule has 0 aliphatic rings. The number of halogens is 1. The van der Waals surface area contributed by atoms with Crippen molar-refractivity contribution >= 4 is 14.3 Å². The predicted octanol–water partition coefficient (Wildman–Crippen LogP) is 4.71. The van der Waals surface area contributed by atoms with Gasteiger partial charge < -0.3 is 9.16 Å². The van der Waals surface area contributed by atoms with Gasteiger partial charge in [0.05, 0.1) is 6.61 Å². The number of ether oxygens (including phenoxy) is 1. The van der Waals surface area contributed by atoms with E-state index in [-0.39, 0.29) is 16.8 Å². The van der Waals surface area contributed by atoms with Crippen LogP contribution >= 0.6 is 0 Å². The number of esters is 1. The Bertz CT molecular complexity index is 521. The summed E-state index contributed by atoms with van der Waals surface area (Å²) in [6.07, 6.45) is 1.27. The molecular weight excluding hydrogens is 299 g/mol. The highest BCUT2D eigenvalue weighted by atomic mass is 28.4. The molecule has 0 fully saturated rings. The van der Waals surface area contributed by atoms with Gasteiger partial charge in [0.1, 0.15) is 11.6 Å². The normalized spacial score (nSPS) is 12.1. The molecule has 0 aromatic heterocycles. The third-order valence-electron chi connectivity index (χ3n) is 4.09. The van der Waals surface area contributed by atoms with Gasteiger partial charge in [-0.25, -0.2) is 4.39 Å². The van der Waals surface area contributed by atoms with Gasteiger partial charge in [0.2, 0.25) is 8.32 Å². The van der Waals surface area contributed by atoms with Crippen molar-refractivity contribution < 1.29 is 18.3 Å². The average molecular weight is 326 g/mol. The van der Waals surface area contributed by atoms with E-state index in [0.717, 1.165) is 11.3 Å². The average Bonchev–Trinajstić information content (AvgIpc) is 2.35. The smallest absolute Gasteiger partial charge is 0.302 e. The molecule has 0 bridgehead atoms. The van der Waals surface area contributed by atoms with Crippen LogP contribution < -0.4 is 4.43 Å². The van der Waals surface area contributed by atoms with Crippen LogP contribution in [0, 0.1) is 5.82 Å². The Morgan fingerprint density at radius 2 is 1.91 bits per heavy atom. The van der Waals surface area contributed by atoms with Gasteiger partial charge in [-0.05, 0) is 54.7 Å². The summed E-state index contributed by atoms with van der Waals surface area (Å²) in [5.41, 5.74) is 0.831. The second-order valence-corrected chi connectivity index (χ2v) is 11.8. The molecule has 0 unspecified atom stereocenters. The van der Waals surface area contributed by atoms with Crippen LogP contribution in [0.25, 0.3) is 0 Å². The third-order valence-corrected chi connectivity index (χ3v) is 8.43. The molecule has 1 aromatic rings. The first-order chi connectivity index (χ1) is 10.0. The standard InChI is InChI=1S/C17H27FO3Si/c1-13(19)20-11-7-8-14-12-15(18)9-10-16(14)21-22(5,6)17(2,3)4/h9-10,12H,7-8,11H2,1-6H3. The highest BCUT2D eigenvalue weighted by Gasteiger charge is 2.39. The largest absolute Gasteiger partial charge is 0.543 e. The lowest BCUT2D eigenvalue weighted by molar-refractivity contribution is -0.141. The maximum absolute atomic E-state index is 13.5. The summed E-state index contributed by atoms with van der Waals surface area (Å²) in [5.74, 6) is 0.179. The van der Waals surface area contributed by atoms with E-state index in [1.54, 1.807) is 6.07 Å². The summed E-state index contributed by atoms with van der Waals surface area (Å²) in [6.45, 7) is 12.6. The molecule has 0 saturated heterocycles. The van der Waals surface area contributed by atoms with E-state index in [1.165, 1.54) is 19.1 Å². The number of rotatable bonds is 6. The number of hydrogen-bond acceptors (Lipinski definition) is 3. The summed E-state index contributed by atoms with van der Waals surface area (Å²) in [6, 6.07) is 4.64. The highest BCUT2D eigenvalue weighted by molar-refractivity contribution is 6.74. The van der Waals surface area contributed by atoms with Gasteiger partial charge >= 0.3 is 5.97 Å². The maximum atomic E-state index is 13.5. The number of aryl methyl sites for hydroxylation is 1. The summed E-state index contributed by atoms with van der Waals surface area (Å²) >= 11 is 0. The van der Waals surface area contributed by atoms with Gasteiger partial charge in [0, 0.05) is 6.92 Å². The third kappa shape index (κ3) is 5.44. The van der Waals surface area contributed by atoms with Crippen LogP contribution in [0.5, 0.6) is 5.75 Å². The molecule has 1 rings (SSSR count). The Kier molecular flexibility index (Phi) is 6.17. The predicted molar refractivity (Wildman–Crippen MR) is 89.2 cm³/mol. The quantitative estimate of drug-likeness (QED) is 0.431. The van der Waals surface area contributed by atoms with Crippen molar-refractivity contribution in [2.45, 2.75) is 58.7 Å². The molecule has 0 aliphatic carbocycles. The Balaban J connectivity index is 2.84. The molecule has 1 aromatic carbocycles. The van der Waals surface area contributed by atoms with Crippen molar-refractivity contribution in [2.75, 3.05) is 6.61 Å². The molecule has 0 radical (unpaired) electrons. The fourth-order valence-corrected chi connectivity index (χ4v) is 2.80. The number of hydrogen-bond donors (Lipinski definition) is 0. The van der Waals surface area contributed by atoms with Crippen molar-refractivity contribution in [3.63, 3.8) is 0 Å². The maximum Gasteiger partial charge on any atom is 0.302 e. The molecule has 0 aliphatic heterocycles. The molecule has 0 N–H and O–H groups in total. The van der Waals surface area contributed by atoms with E-state index in [1.807, 2.05) is 0 Å². The van der Waals surface area contributed by atoms with E-state index in [9.17, 15) is 9.18 Å². The molecule has 0 atom stereocenters. The van der Waals surface area contributed by atoms with Gasteiger partial charge in [-0.2, -0.15) is 0 Å². The van der Waals surface area contributed by atoms with Crippen LogP contribution in [0.2, 0.25) is 18.1 Å². The molecule has 3 nitrogen and oxygen atoms in total. The first-order valence-electron chi connectivity index (χ1n) is 7.64.